The monoisotopic (exact) mass is 519 g/mol. The van der Waals surface area contributed by atoms with Gasteiger partial charge in [-0.25, -0.2) is 13.4 Å². The largest absolute Gasteiger partial charge is 0.493 e. The highest BCUT2D eigenvalue weighted by Crippen LogP contribution is 2.30. The van der Waals surface area contributed by atoms with Gasteiger partial charge in [0, 0.05) is 6.26 Å². The number of rotatable bonds is 10. The summed E-state index contributed by atoms with van der Waals surface area (Å²) in [6, 6.07) is 15.0. The average molecular weight is 520 g/mol. The van der Waals surface area contributed by atoms with Crippen molar-refractivity contribution in [3.8, 4) is 11.5 Å². The van der Waals surface area contributed by atoms with Crippen LogP contribution in [0.1, 0.15) is 12.1 Å². The molecule has 1 aromatic heterocycles. The van der Waals surface area contributed by atoms with E-state index in [2.05, 4.69) is 10.3 Å². The first-order valence-corrected chi connectivity index (χ1v) is 12.7. The van der Waals surface area contributed by atoms with Crippen LogP contribution in [0.25, 0.3) is 0 Å². The Morgan fingerprint density at radius 1 is 1.06 bits per heavy atom. The van der Waals surface area contributed by atoms with Crippen LogP contribution in [0.5, 0.6) is 11.5 Å². The minimum atomic E-state index is -3.77. The molecular weight excluding hydrogens is 498 g/mol. The quantitative estimate of drug-likeness (QED) is 0.304. The number of aliphatic carboxylic acids is 1. The topological polar surface area (TPSA) is 152 Å². The third-order valence-corrected chi connectivity index (χ3v) is 7.23. The molecule has 0 aliphatic heterocycles. The van der Waals surface area contributed by atoms with Gasteiger partial charge in [0.25, 0.3) is 5.91 Å². The van der Waals surface area contributed by atoms with Crippen LogP contribution in [0, 0.1) is 0 Å². The predicted octanol–water partition coefficient (Wildman–Crippen LogP) is 2.54. The number of carbonyl (C=O) groups is 3. The number of hydrogen-bond acceptors (Lipinski definition) is 9. The number of carboxylic acids is 1. The molecule has 13 heteroatoms. The van der Waals surface area contributed by atoms with Crippen molar-refractivity contribution in [2.75, 3.05) is 23.7 Å². The summed E-state index contributed by atoms with van der Waals surface area (Å²) in [5, 5.41) is 12.2. The molecule has 0 saturated carbocycles. The highest BCUT2D eigenvalue weighted by Gasteiger charge is 2.25. The number of thiazole rings is 1. The molecule has 2 amide bonds. The van der Waals surface area contributed by atoms with E-state index >= 15 is 0 Å². The maximum absolute atomic E-state index is 13.0. The Morgan fingerprint density at radius 2 is 1.69 bits per heavy atom. The Labute approximate surface area is 204 Å². The second-order valence-electron chi connectivity index (χ2n) is 7.09. The van der Waals surface area contributed by atoms with E-state index in [1.54, 1.807) is 54.6 Å². The number of sulfone groups is 1. The summed E-state index contributed by atoms with van der Waals surface area (Å²) in [6.45, 7) is 0. The van der Waals surface area contributed by atoms with Gasteiger partial charge in [-0.3, -0.25) is 14.4 Å². The summed E-state index contributed by atoms with van der Waals surface area (Å²) >= 11 is 0.609. The number of carbonyl (C=O) groups excluding carboxylic acids is 2. The smallest absolute Gasteiger partial charge is 0.309 e. The third-order valence-electron chi connectivity index (χ3n) is 4.35. The molecule has 184 valence electrons. The van der Waals surface area contributed by atoms with Gasteiger partial charge in [0.2, 0.25) is 5.91 Å². The van der Waals surface area contributed by atoms with Crippen molar-refractivity contribution < 1.29 is 37.5 Å². The first kappa shape index (κ1) is 25.6. The van der Waals surface area contributed by atoms with Crippen LogP contribution in [-0.4, -0.2) is 49.7 Å². The summed E-state index contributed by atoms with van der Waals surface area (Å²) in [5.41, 5.74) is 0.158. The first-order chi connectivity index (χ1) is 16.6. The van der Waals surface area contributed by atoms with E-state index in [1.165, 1.54) is 7.11 Å². The molecular formula is C22H21N3O8S2. The number of amides is 2. The molecule has 0 unspecified atom stereocenters. The number of benzene rings is 2. The van der Waals surface area contributed by atoms with E-state index in [-0.39, 0.29) is 20.8 Å². The summed E-state index contributed by atoms with van der Waals surface area (Å²) < 4.78 is 28.9. The van der Waals surface area contributed by atoms with Crippen LogP contribution >= 0.6 is 11.3 Å². The van der Waals surface area contributed by atoms with Gasteiger partial charge in [0.15, 0.2) is 26.5 Å². The van der Waals surface area contributed by atoms with Gasteiger partial charge >= 0.3 is 5.97 Å². The summed E-state index contributed by atoms with van der Waals surface area (Å²) in [7, 11) is -2.33. The standard InChI is InChI=1S/C22H21N3O8S2/c1-32-16-10-6-7-11-17(16)33-25(14-8-4-3-5-9-14)19(27)13-18(26)24-22-23-15(12-20(28)29)21(34-22)35(2,30)31/h3-11H,12-13H2,1-2H3,(H,28,29)(H,23,24,26). The van der Waals surface area contributed by atoms with Crippen molar-refractivity contribution in [2.45, 2.75) is 17.1 Å². The SMILES string of the molecule is COc1ccccc1ON(C(=O)CC(=O)Nc1nc(CC(=O)O)c(S(C)(=O)=O)s1)c1ccccc1. The van der Waals surface area contributed by atoms with Crippen molar-refractivity contribution in [3.63, 3.8) is 0 Å². The predicted molar refractivity (Wildman–Crippen MR) is 127 cm³/mol. The number of hydrogen-bond donors (Lipinski definition) is 2. The van der Waals surface area contributed by atoms with Crippen molar-refractivity contribution in [1.82, 2.24) is 4.98 Å². The molecule has 0 aliphatic rings. The Morgan fingerprint density at radius 3 is 2.29 bits per heavy atom. The Bertz CT molecular complexity index is 1340. The van der Waals surface area contributed by atoms with Crippen molar-refractivity contribution in [3.05, 3.63) is 60.3 Å². The van der Waals surface area contributed by atoms with Gasteiger partial charge in [-0.15, -0.1) is 5.06 Å². The number of aromatic nitrogens is 1. The Balaban J connectivity index is 1.81. The zero-order valence-electron chi connectivity index (χ0n) is 18.6. The molecule has 0 fully saturated rings. The van der Waals surface area contributed by atoms with Gasteiger partial charge < -0.3 is 20.0 Å². The zero-order chi connectivity index (χ0) is 25.6. The molecule has 11 nitrogen and oxygen atoms in total. The van der Waals surface area contributed by atoms with E-state index in [0.717, 1.165) is 11.3 Å². The molecule has 0 spiro atoms. The lowest BCUT2D eigenvalue weighted by molar-refractivity contribution is -0.136. The summed E-state index contributed by atoms with van der Waals surface area (Å²) in [5.74, 6) is -2.20. The molecule has 0 atom stereocenters. The van der Waals surface area contributed by atoms with Crippen LogP contribution in [0.2, 0.25) is 0 Å². The maximum atomic E-state index is 13.0. The Hall–Kier alpha value is -3.97. The first-order valence-electron chi connectivity index (χ1n) is 9.99. The molecule has 3 rings (SSSR count). The molecule has 0 bridgehead atoms. The molecule has 0 saturated heterocycles. The van der Waals surface area contributed by atoms with E-state index in [4.69, 9.17) is 14.7 Å². The fourth-order valence-electron chi connectivity index (χ4n) is 2.91. The highest BCUT2D eigenvalue weighted by molar-refractivity contribution is 7.92. The molecule has 35 heavy (non-hydrogen) atoms. The fourth-order valence-corrected chi connectivity index (χ4v) is 5.03. The highest BCUT2D eigenvalue weighted by atomic mass is 32.2. The van der Waals surface area contributed by atoms with E-state index in [0.29, 0.717) is 22.8 Å². The lowest BCUT2D eigenvalue weighted by Crippen LogP contribution is -2.36. The molecule has 0 aliphatic carbocycles. The van der Waals surface area contributed by atoms with Gasteiger partial charge in [-0.1, -0.05) is 41.7 Å². The van der Waals surface area contributed by atoms with Crippen molar-refractivity contribution >= 4 is 49.8 Å². The summed E-state index contributed by atoms with van der Waals surface area (Å²) in [6.07, 6.45) is -0.401. The van der Waals surface area contributed by atoms with Crippen LogP contribution in [-0.2, 0) is 30.6 Å². The number of anilines is 2. The van der Waals surface area contributed by atoms with Crippen molar-refractivity contribution in [1.29, 1.82) is 0 Å². The second kappa shape index (κ2) is 11.0. The minimum Gasteiger partial charge on any atom is -0.493 e. The number of ether oxygens (including phenoxy) is 1. The Kier molecular flexibility index (Phi) is 8.04. The average Bonchev–Trinajstić information content (AvgIpc) is 3.19. The van der Waals surface area contributed by atoms with Gasteiger partial charge in [-0.2, -0.15) is 0 Å². The normalized spacial score (nSPS) is 10.9. The van der Waals surface area contributed by atoms with E-state index < -0.39 is 40.5 Å². The minimum absolute atomic E-state index is 0.142. The number of nitrogens with one attached hydrogen (secondary N) is 1. The lowest BCUT2D eigenvalue weighted by Gasteiger charge is -2.23. The third kappa shape index (κ3) is 6.77. The number of hydroxylamine groups is 1. The maximum Gasteiger partial charge on any atom is 0.309 e. The number of carboxylic acid groups (broad SMARTS) is 1. The van der Waals surface area contributed by atoms with Crippen LogP contribution in [0.4, 0.5) is 10.8 Å². The van der Waals surface area contributed by atoms with Gasteiger partial charge in [-0.05, 0) is 24.3 Å². The number of nitrogens with zero attached hydrogens (tertiary/aromatic N) is 2. The van der Waals surface area contributed by atoms with Gasteiger partial charge in [0.1, 0.15) is 10.6 Å². The van der Waals surface area contributed by atoms with Crippen LogP contribution in [0.3, 0.4) is 0 Å². The fraction of sp³-hybridized carbons (Fsp3) is 0.182. The van der Waals surface area contributed by atoms with E-state index in [9.17, 15) is 22.8 Å². The van der Waals surface area contributed by atoms with Crippen LogP contribution < -0.4 is 20.0 Å². The number of methoxy groups -OCH3 is 1. The molecule has 2 aromatic carbocycles. The zero-order valence-corrected chi connectivity index (χ0v) is 20.3. The molecule has 1 heterocycles. The molecule has 2 N–H and O–H groups in total. The van der Waals surface area contributed by atoms with Gasteiger partial charge in [0.05, 0.1) is 24.9 Å². The molecule has 0 radical (unpaired) electrons. The van der Waals surface area contributed by atoms with Crippen molar-refractivity contribution in [2.24, 2.45) is 0 Å². The number of para-hydroxylation sites is 3. The summed E-state index contributed by atoms with van der Waals surface area (Å²) in [4.78, 5) is 46.3. The molecule has 3 aromatic rings. The lowest BCUT2D eigenvalue weighted by atomic mass is 10.3. The second-order valence-corrected chi connectivity index (χ2v) is 10.3. The van der Waals surface area contributed by atoms with E-state index in [1.807, 2.05) is 0 Å². The van der Waals surface area contributed by atoms with Crippen LogP contribution in [0.15, 0.2) is 58.8 Å².